The molecule has 1 aliphatic carbocycles. The molecule has 1 heterocycles. The van der Waals surface area contributed by atoms with Crippen LogP contribution >= 0.6 is 11.3 Å². The van der Waals surface area contributed by atoms with Crippen molar-refractivity contribution in [2.75, 3.05) is 7.05 Å². The lowest BCUT2D eigenvalue weighted by atomic mass is 10.1. The van der Waals surface area contributed by atoms with Crippen LogP contribution in [0.4, 0.5) is 4.39 Å². The lowest BCUT2D eigenvalue weighted by Gasteiger charge is -2.24. The van der Waals surface area contributed by atoms with Crippen molar-refractivity contribution in [1.82, 2.24) is 4.90 Å². The van der Waals surface area contributed by atoms with Crippen LogP contribution < -0.4 is 0 Å². The zero-order valence-corrected chi connectivity index (χ0v) is 12.9. The SMILES string of the molecule is CC(C1CC1)N(C)Cc1c(C(=O)O)sc2cccc(F)c12. The number of halogens is 1. The molecule has 0 bridgehead atoms. The van der Waals surface area contributed by atoms with Gasteiger partial charge >= 0.3 is 5.97 Å². The molecule has 1 aromatic carbocycles. The molecule has 1 unspecified atom stereocenters. The average molecular weight is 307 g/mol. The molecule has 112 valence electrons. The second-order valence-corrected chi connectivity index (χ2v) is 6.87. The number of hydrogen-bond donors (Lipinski definition) is 1. The molecule has 0 saturated heterocycles. The predicted octanol–water partition coefficient (Wildman–Crippen LogP) is 3.97. The van der Waals surface area contributed by atoms with Gasteiger partial charge in [0.15, 0.2) is 0 Å². The highest BCUT2D eigenvalue weighted by atomic mass is 32.1. The van der Waals surface area contributed by atoms with Crippen LogP contribution in [-0.4, -0.2) is 29.1 Å². The fourth-order valence-corrected chi connectivity index (χ4v) is 3.89. The summed E-state index contributed by atoms with van der Waals surface area (Å²) in [5.74, 6) is -0.616. The number of benzene rings is 1. The third-order valence-electron chi connectivity index (χ3n) is 4.36. The second kappa shape index (κ2) is 5.39. The number of nitrogens with zero attached hydrogens (tertiary/aromatic N) is 1. The van der Waals surface area contributed by atoms with Gasteiger partial charge in [-0.25, -0.2) is 9.18 Å². The molecule has 5 heteroatoms. The maximum atomic E-state index is 14.1. The minimum absolute atomic E-state index is 0.255. The third kappa shape index (κ3) is 2.68. The molecule has 0 radical (unpaired) electrons. The van der Waals surface area contributed by atoms with Crippen molar-refractivity contribution < 1.29 is 14.3 Å². The minimum atomic E-state index is -0.974. The van der Waals surface area contributed by atoms with E-state index in [-0.39, 0.29) is 10.7 Å². The molecule has 1 aliphatic rings. The van der Waals surface area contributed by atoms with Crippen LogP contribution in [0.3, 0.4) is 0 Å². The highest BCUT2D eigenvalue weighted by molar-refractivity contribution is 7.21. The first kappa shape index (κ1) is 14.5. The van der Waals surface area contributed by atoms with Gasteiger partial charge in [0.2, 0.25) is 0 Å². The molecule has 21 heavy (non-hydrogen) atoms. The maximum absolute atomic E-state index is 14.1. The van der Waals surface area contributed by atoms with Crippen molar-refractivity contribution in [3.8, 4) is 0 Å². The van der Waals surface area contributed by atoms with E-state index in [2.05, 4.69) is 11.8 Å². The van der Waals surface area contributed by atoms with Gasteiger partial charge in [0.1, 0.15) is 10.7 Å². The van der Waals surface area contributed by atoms with Gasteiger partial charge in [-0.15, -0.1) is 11.3 Å². The molecule has 1 saturated carbocycles. The minimum Gasteiger partial charge on any atom is -0.477 e. The number of aromatic carboxylic acids is 1. The fraction of sp³-hybridized carbons (Fsp3) is 0.438. The summed E-state index contributed by atoms with van der Waals surface area (Å²) in [5.41, 5.74) is 0.607. The average Bonchev–Trinajstić information content (AvgIpc) is 3.21. The van der Waals surface area contributed by atoms with Crippen LogP contribution in [0.25, 0.3) is 10.1 Å². The molecular formula is C16H18FNO2S. The first-order chi connectivity index (χ1) is 9.99. The van der Waals surface area contributed by atoms with Gasteiger partial charge in [-0.05, 0) is 44.9 Å². The van der Waals surface area contributed by atoms with Gasteiger partial charge in [0.25, 0.3) is 0 Å². The van der Waals surface area contributed by atoms with Gasteiger partial charge in [0.05, 0.1) is 0 Å². The standard InChI is InChI=1S/C16H18FNO2S/c1-9(10-6-7-10)18(2)8-11-14-12(17)4-3-5-13(14)21-15(11)16(19)20/h3-5,9-10H,6-8H2,1-2H3,(H,19,20). The Bertz CT molecular complexity index is 693. The van der Waals surface area contributed by atoms with E-state index < -0.39 is 5.97 Å². The monoisotopic (exact) mass is 307 g/mol. The van der Waals surface area contributed by atoms with E-state index in [9.17, 15) is 14.3 Å². The fourth-order valence-electron chi connectivity index (χ4n) is 2.82. The molecule has 3 nitrogen and oxygen atoms in total. The summed E-state index contributed by atoms with van der Waals surface area (Å²) >= 11 is 1.16. The van der Waals surface area contributed by atoms with Crippen LogP contribution in [0.15, 0.2) is 18.2 Å². The lowest BCUT2D eigenvalue weighted by molar-refractivity contribution is 0.0700. The predicted molar refractivity (Wildman–Crippen MR) is 82.4 cm³/mol. The van der Waals surface area contributed by atoms with Gasteiger partial charge in [-0.3, -0.25) is 4.90 Å². The molecule has 1 N–H and O–H groups in total. The van der Waals surface area contributed by atoms with Crippen molar-refractivity contribution >= 4 is 27.4 Å². The summed E-state index contributed by atoms with van der Waals surface area (Å²) < 4.78 is 14.8. The van der Waals surface area contributed by atoms with Crippen molar-refractivity contribution in [2.45, 2.75) is 32.4 Å². The van der Waals surface area contributed by atoms with E-state index in [1.165, 1.54) is 18.9 Å². The van der Waals surface area contributed by atoms with E-state index in [0.29, 0.717) is 34.2 Å². The van der Waals surface area contributed by atoms with Crippen LogP contribution in [0.2, 0.25) is 0 Å². The summed E-state index contributed by atoms with van der Waals surface area (Å²) in [7, 11) is 1.99. The molecule has 0 amide bonds. The Morgan fingerprint density at radius 2 is 2.24 bits per heavy atom. The summed E-state index contributed by atoms with van der Waals surface area (Å²) in [4.78, 5) is 13.9. The Labute approximate surface area is 127 Å². The van der Waals surface area contributed by atoms with Crippen molar-refractivity contribution in [2.24, 2.45) is 5.92 Å². The molecule has 0 spiro atoms. The zero-order chi connectivity index (χ0) is 15.1. The summed E-state index contributed by atoms with van der Waals surface area (Å²) in [5, 5.41) is 9.87. The summed E-state index contributed by atoms with van der Waals surface area (Å²) in [6.45, 7) is 2.63. The quantitative estimate of drug-likeness (QED) is 0.908. The summed E-state index contributed by atoms with van der Waals surface area (Å²) in [6, 6.07) is 5.20. The zero-order valence-electron chi connectivity index (χ0n) is 12.1. The number of carboxylic acids is 1. The number of thiophene rings is 1. The molecule has 0 aliphatic heterocycles. The number of carboxylic acid groups (broad SMARTS) is 1. The lowest BCUT2D eigenvalue weighted by Crippen LogP contribution is -2.30. The Kier molecular flexibility index (Phi) is 3.71. The second-order valence-electron chi connectivity index (χ2n) is 5.82. The first-order valence-electron chi connectivity index (χ1n) is 7.12. The molecule has 1 fully saturated rings. The van der Waals surface area contributed by atoms with Gasteiger partial charge in [0, 0.05) is 28.2 Å². The molecule has 1 atom stereocenters. The highest BCUT2D eigenvalue weighted by Crippen LogP contribution is 2.37. The molecule has 1 aromatic heterocycles. The smallest absolute Gasteiger partial charge is 0.346 e. The van der Waals surface area contributed by atoms with Crippen molar-refractivity contribution in [3.05, 3.63) is 34.5 Å². The topological polar surface area (TPSA) is 40.5 Å². The summed E-state index contributed by atoms with van der Waals surface area (Å²) in [6.07, 6.45) is 2.46. The van der Waals surface area contributed by atoms with Crippen molar-refractivity contribution in [1.29, 1.82) is 0 Å². The van der Waals surface area contributed by atoms with E-state index >= 15 is 0 Å². The van der Waals surface area contributed by atoms with E-state index in [1.807, 2.05) is 7.05 Å². The third-order valence-corrected chi connectivity index (χ3v) is 5.55. The van der Waals surface area contributed by atoms with Crippen molar-refractivity contribution in [3.63, 3.8) is 0 Å². The van der Waals surface area contributed by atoms with Crippen LogP contribution in [-0.2, 0) is 6.54 Å². The number of hydrogen-bond acceptors (Lipinski definition) is 3. The Hall–Kier alpha value is -1.46. The van der Waals surface area contributed by atoms with E-state index in [0.717, 1.165) is 11.3 Å². The number of carbonyl (C=O) groups is 1. The van der Waals surface area contributed by atoms with E-state index in [4.69, 9.17) is 0 Å². The van der Waals surface area contributed by atoms with Crippen LogP contribution in [0.1, 0.15) is 35.0 Å². The normalized spacial score (nSPS) is 16.6. The Balaban J connectivity index is 2.02. The number of fused-ring (bicyclic) bond motifs is 1. The highest BCUT2D eigenvalue weighted by Gasteiger charge is 2.31. The Morgan fingerprint density at radius 1 is 1.52 bits per heavy atom. The van der Waals surface area contributed by atoms with E-state index in [1.54, 1.807) is 12.1 Å². The largest absolute Gasteiger partial charge is 0.477 e. The van der Waals surface area contributed by atoms with Gasteiger partial charge in [-0.2, -0.15) is 0 Å². The van der Waals surface area contributed by atoms with Crippen LogP contribution in [0.5, 0.6) is 0 Å². The van der Waals surface area contributed by atoms with Gasteiger partial charge in [-0.1, -0.05) is 6.07 Å². The molecule has 2 aromatic rings. The van der Waals surface area contributed by atoms with Gasteiger partial charge < -0.3 is 5.11 Å². The molecular weight excluding hydrogens is 289 g/mol. The number of rotatable bonds is 5. The first-order valence-corrected chi connectivity index (χ1v) is 7.94. The molecule has 3 rings (SSSR count). The maximum Gasteiger partial charge on any atom is 0.346 e. The Morgan fingerprint density at radius 3 is 2.86 bits per heavy atom. The van der Waals surface area contributed by atoms with Crippen LogP contribution in [0, 0.1) is 11.7 Å².